The SMILES string of the molecule is CN(C)c1ccc(C=N/N=C2\NC(=O)[C@H](Cc3cccc([N+](=O)[O-])c3)S2)cc1. The molecule has 1 amide bonds. The van der Waals surface area contributed by atoms with Crippen LogP contribution in [0, 0.1) is 10.1 Å². The van der Waals surface area contributed by atoms with E-state index in [0.717, 1.165) is 16.8 Å². The van der Waals surface area contributed by atoms with Crippen LogP contribution >= 0.6 is 11.8 Å². The average molecular weight is 397 g/mol. The molecule has 1 N–H and O–H groups in total. The molecule has 0 unspecified atom stereocenters. The lowest BCUT2D eigenvalue weighted by Gasteiger charge is -2.11. The van der Waals surface area contributed by atoms with Crippen molar-refractivity contribution in [2.24, 2.45) is 10.2 Å². The number of amides is 1. The fraction of sp³-hybridized carbons (Fsp3) is 0.211. The minimum Gasteiger partial charge on any atom is -0.378 e. The summed E-state index contributed by atoms with van der Waals surface area (Å²) in [7, 11) is 3.94. The summed E-state index contributed by atoms with van der Waals surface area (Å²) in [5, 5.41) is 21.7. The molecule has 144 valence electrons. The van der Waals surface area contributed by atoms with Gasteiger partial charge in [0.1, 0.15) is 0 Å². The molecule has 2 aromatic rings. The molecular formula is C19H19N5O3S. The summed E-state index contributed by atoms with van der Waals surface area (Å²) < 4.78 is 0. The second-order valence-electron chi connectivity index (χ2n) is 6.36. The number of rotatable bonds is 6. The molecule has 1 aliphatic heterocycles. The molecule has 0 saturated carbocycles. The first-order valence-electron chi connectivity index (χ1n) is 8.51. The number of anilines is 1. The van der Waals surface area contributed by atoms with Gasteiger partial charge in [0.05, 0.1) is 16.4 Å². The van der Waals surface area contributed by atoms with Crippen molar-refractivity contribution in [3.63, 3.8) is 0 Å². The van der Waals surface area contributed by atoms with Gasteiger partial charge in [0.25, 0.3) is 5.69 Å². The van der Waals surface area contributed by atoms with Crippen LogP contribution in [0.3, 0.4) is 0 Å². The van der Waals surface area contributed by atoms with E-state index in [0.29, 0.717) is 11.6 Å². The Morgan fingerprint density at radius 2 is 2.00 bits per heavy atom. The maximum absolute atomic E-state index is 12.1. The molecule has 1 atom stereocenters. The lowest BCUT2D eigenvalue weighted by Crippen LogP contribution is -2.25. The van der Waals surface area contributed by atoms with Crippen LogP contribution in [0.1, 0.15) is 11.1 Å². The quantitative estimate of drug-likeness (QED) is 0.459. The molecule has 28 heavy (non-hydrogen) atoms. The van der Waals surface area contributed by atoms with E-state index in [1.807, 2.05) is 43.3 Å². The number of nitro benzene ring substituents is 1. The molecule has 1 aliphatic rings. The third-order valence-corrected chi connectivity index (χ3v) is 5.16. The number of carbonyl (C=O) groups is 1. The number of nitro groups is 1. The Bertz CT molecular complexity index is 941. The van der Waals surface area contributed by atoms with Gasteiger partial charge in [0.2, 0.25) is 5.91 Å². The number of amidine groups is 1. The lowest BCUT2D eigenvalue weighted by atomic mass is 10.1. The summed E-state index contributed by atoms with van der Waals surface area (Å²) in [5.41, 5.74) is 2.73. The van der Waals surface area contributed by atoms with Crippen LogP contribution < -0.4 is 10.2 Å². The van der Waals surface area contributed by atoms with Crippen LogP contribution in [0.4, 0.5) is 11.4 Å². The number of carbonyl (C=O) groups excluding carboxylic acids is 1. The van der Waals surface area contributed by atoms with E-state index in [9.17, 15) is 14.9 Å². The summed E-state index contributed by atoms with van der Waals surface area (Å²) in [6, 6.07) is 14.1. The van der Waals surface area contributed by atoms with Gasteiger partial charge in [-0.1, -0.05) is 36.0 Å². The third-order valence-electron chi connectivity index (χ3n) is 4.08. The topological polar surface area (TPSA) is 100 Å². The van der Waals surface area contributed by atoms with Gasteiger partial charge in [-0.2, -0.15) is 5.10 Å². The van der Waals surface area contributed by atoms with Crippen LogP contribution in [0.2, 0.25) is 0 Å². The Kier molecular flexibility index (Phi) is 6.05. The Morgan fingerprint density at radius 3 is 2.68 bits per heavy atom. The molecule has 1 heterocycles. The Labute approximate surface area is 166 Å². The Morgan fingerprint density at radius 1 is 1.25 bits per heavy atom. The molecule has 0 bridgehead atoms. The van der Waals surface area contributed by atoms with Crippen molar-refractivity contribution in [1.29, 1.82) is 0 Å². The minimum absolute atomic E-state index is 0.0136. The minimum atomic E-state index is -0.446. The van der Waals surface area contributed by atoms with E-state index < -0.39 is 10.2 Å². The number of nitrogens with zero attached hydrogens (tertiary/aromatic N) is 4. The number of hydrogen-bond donors (Lipinski definition) is 1. The van der Waals surface area contributed by atoms with Crippen LogP contribution in [-0.4, -0.2) is 41.6 Å². The van der Waals surface area contributed by atoms with Gasteiger partial charge in [-0.15, -0.1) is 5.10 Å². The van der Waals surface area contributed by atoms with Gasteiger partial charge < -0.3 is 10.2 Å². The molecule has 3 rings (SSSR count). The van der Waals surface area contributed by atoms with E-state index >= 15 is 0 Å². The van der Waals surface area contributed by atoms with Crippen LogP contribution in [-0.2, 0) is 11.2 Å². The van der Waals surface area contributed by atoms with Crippen molar-refractivity contribution < 1.29 is 9.72 Å². The summed E-state index contributed by atoms with van der Waals surface area (Å²) in [6.07, 6.45) is 2.00. The Hall–Kier alpha value is -3.20. The van der Waals surface area contributed by atoms with Gasteiger partial charge in [-0.05, 0) is 29.7 Å². The van der Waals surface area contributed by atoms with Crippen molar-refractivity contribution in [3.8, 4) is 0 Å². The van der Waals surface area contributed by atoms with E-state index in [2.05, 4.69) is 15.5 Å². The average Bonchev–Trinajstić information content (AvgIpc) is 3.01. The summed E-state index contributed by atoms with van der Waals surface area (Å²) in [6.45, 7) is 0. The standard InChI is InChI=1S/C19H19N5O3S/c1-23(2)15-8-6-13(7-9-15)12-20-22-19-21-18(25)17(28-19)11-14-4-3-5-16(10-14)24(26)27/h3-10,12,17H,11H2,1-2H3,(H,21,22,25)/t17-/m0/s1. The fourth-order valence-corrected chi connectivity index (χ4v) is 3.57. The third kappa shape index (κ3) is 4.95. The zero-order valence-electron chi connectivity index (χ0n) is 15.4. The van der Waals surface area contributed by atoms with Crippen molar-refractivity contribution in [2.75, 3.05) is 19.0 Å². The smallest absolute Gasteiger partial charge is 0.269 e. The van der Waals surface area contributed by atoms with E-state index in [4.69, 9.17) is 0 Å². The summed E-state index contributed by atoms with van der Waals surface area (Å²) in [5.74, 6) is -0.180. The first-order chi connectivity index (χ1) is 13.4. The summed E-state index contributed by atoms with van der Waals surface area (Å²) >= 11 is 1.27. The number of thioether (sulfide) groups is 1. The predicted octanol–water partition coefficient (Wildman–Crippen LogP) is 2.83. The molecule has 2 aromatic carbocycles. The van der Waals surface area contributed by atoms with E-state index in [1.165, 1.54) is 23.9 Å². The number of hydrogen-bond acceptors (Lipinski definition) is 7. The number of non-ortho nitro benzene ring substituents is 1. The molecule has 0 aliphatic carbocycles. The van der Waals surface area contributed by atoms with Gasteiger partial charge in [-0.25, -0.2) is 0 Å². The van der Waals surface area contributed by atoms with Crippen molar-refractivity contribution >= 4 is 40.4 Å². The second kappa shape index (κ2) is 8.66. The first kappa shape index (κ1) is 19.6. The molecule has 0 aromatic heterocycles. The molecular weight excluding hydrogens is 378 g/mol. The molecule has 0 radical (unpaired) electrons. The molecule has 1 fully saturated rings. The van der Waals surface area contributed by atoms with Gasteiger partial charge in [0.15, 0.2) is 5.17 Å². The van der Waals surface area contributed by atoms with Crippen LogP contribution in [0.15, 0.2) is 58.7 Å². The Balaban J connectivity index is 1.62. The fourth-order valence-electron chi connectivity index (χ4n) is 2.60. The van der Waals surface area contributed by atoms with Crippen LogP contribution in [0.5, 0.6) is 0 Å². The second-order valence-corrected chi connectivity index (χ2v) is 7.55. The van der Waals surface area contributed by atoms with Crippen molar-refractivity contribution in [2.45, 2.75) is 11.7 Å². The maximum atomic E-state index is 12.1. The van der Waals surface area contributed by atoms with E-state index in [1.54, 1.807) is 18.3 Å². The van der Waals surface area contributed by atoms with Gasteiger partial charge >= 0.3 is 0 Å². The predicted molar refractivity (Wildman–Crippen MR) is 112 cm³/mol. The largest absolute Gasteiger partial charge is 0.378 e. The zero-order valence-corrected chi connectivity index (χ0v) is 16.2. The lowest BCUT2D eigenvalue weighted by molar-refractivity contribution is -0.384. The van der Waals surface area contributed by atoms with Gasteiger partial charge in [0, 0.05) is 31.9 Å². The number of nitrogens with one attached hydrogen (secondary N) is 1. The zero-order chi connectivity index (χ0) is 20.1. The first-order valence-corrected chi connectivity index (χ1v) is 9.39. The molecule has 1 saturated heterocycles. The maximum Gasteiger partial charge on any atom is 0.269 e. The highest BCUT2D eigenvalue weighted by molar-refractivity contribution is 8.15. The monoisotopic (exact) mass is 397 g/mol. The highest BCUT2D eigenvalue weighted by atomic mass is 32.2. The highest BCUT2D eigenvalue weighted by Crippen LogP contribution is 2.25. The molecule has 0 spiro atoms. The molecule has 9 heteroatoms. The van der Waals surface area contributed by atoms with Crippen molar-refractivity contribution in [3.05, 3.63) is 69.8 Å². The highest BCUT2D eigenvalue weighted by Gasteiger charge is 2.30. The summed E-state index contributed by atoms with van der Waals surface area (Å²) in [4.78, 5) is 24.6. The van der Waals surface area contributed by atoms with Crippen LogP contribution in [0.25, 0.3) is 0 Å². The van der Waals surface area contributed by atoms with Gasteiger partial charge in [-0.3, -0.25) is 14.9 Å². The molecule has 8 nitrogen and oxygen atoms in total. The normalized spacial score (nSPS) is 17.9. The van der Waals surface area contributed by atoms with E-state index in [-0.39, 0.29) is 11.6 Å². The van der Waals surface area contributed by atoms with Crippen molar-refractivity contribution in [1.82, 2.24) is 5.32 Å². The number of benzene rings is 2.